The number of carbonyl (C=O) groups is 3. The van der Waals surface area contributed by atoms with E-state index >= 15 is 0 Å². The number of hydroxylamine groups is 1. The van der Waals surface area contributed by atoms with Crippen LogP contribution in [-0.2, 0) is 16.0 Å². The number of hydrogen-bond donors (Lipinski definition) is 3. The molecule has 1 heterocycles. The first-order chi connectivity index (χ1) is 11.4. The van der Waals surface area contributed by atoms with Gasteiger partial charge in [-0.05, 0) is 24.3 Å². The molecule has 1 aromatic carbocycles. The lowest BCUT2D eigenvalue weighted by molar-refractivity contribution is -0.138. The summed E-state index contributed by atoms with van der Waals surface area (Å²) < 4.78 is 0. The Morgan fingerprint density at radius 1 is 1.29 bits per heavy atom. The highest BCUT2D eigenvalue weighted by molar-refractivity contribution is 6.08. The molecule has 1 aliphatic rings. The summed E-state index contributed by atoms with van der Waals surface area (Å²) in [6.07, 6.45) is 0.588. The third-order valence-electron chi connectivity index (χ3n) is 4.06. The van der Waals surface area contributed by atoms with E-state index in [9.17, 15) is 14.4 Å². The molecule has 1 unspecified atom stereocenters. The fourth-order valence-electron chi connectivity index (χ4n) is 3.11. The standard InChI is InChI=1S/C17H23N3O4/c1-12(2)10-17(11-14(21)19-24)15(22)20(16(23)18-17)9-8-13-6-4-3-5-7-13/h3-7,12,24H,8-11H2,1-2H3,(H,18,23)(H,19,21). The molecule has 130 valence electrons. The number of carbonyl (C=O) groups excluding carboxylic acids is 3. The van der Waals surface area contributed by atoms with Crippen molar-refractivity contribution in [3.63, 3.8) is 0 Å². The summed E-state index contributed by atoms with van der Waals surface area (Å²) in [5, 5.41) is 11.4. The van der Waals surface area contributed by atoms with Gasteiger partial charge in [0.2, 0.25) is 5.91 Å². The lowest BCUT2D eigenvalue weighted by Gasteiger charge is -2.27. The van der Waals surface area contributed by atoms with E-state index in [0.29, 0.717) is 12.8 Å². The van der Waals surface area contributed by atoms with E-state index in [1.807, 2.05) is 44.2 Å². The molecule has 0 aromatic heterocycles. The van der Waals surface area contributed by atoms with Crippen molar-refractivity contribution >= 4 is 17.8 Å². The Morgan fingerprint density at radius 2 is 1.96 bits per heavy atom. The van der Waals surface area contributed by atoms with E-state index in [-0.39, 0.29) is 18.9 Å². The van der Waals surface area contributed by atoms with Crippen LogP contribution in [0.1, 0.15) is 32.3 Å². The first-order valence-electron chi connectivity index (χ1n) is 7.99. The maximum Gasteiger partial charge on any atom is 0.325 e. The molecule has 0 aliphatic carbocycles. The van der Waals surface area contributed by atoms with Crippen LogP contribution in [0.25, 0.3) is 0 Å². The Hall–Kier alpha value is -2.41. The first-order valence-corrected chi connectivity index (χ1v) is 7.99. The second kappa shape index (κ2) is 7.44. The molecule has 0 bridgehead atoms. The monoisotopic (exact) mass is 333 g/mol. The summed E-state index contributed by atoms with van der Waals surface area (Å²) >= 11 is 0. The number of benzene rings is 1. The fraction of sp³-hybridized carbons (Fsp3) is 0.471. The predicted octanol–water partition coefficient (Wildman–Crippen LogP) is 1.46. The van der Waals surface area contributed by atoms with Crippen LogP contribution < -0.4 is 10.8 Å². The minimum Gasteiger partial charge on any atom is -0.323 e. The van der Waals surface area contributed by atoms with Crippen LogP contribution in [0.2, 0.25) is 0 Å². The number of amides is 4. The van der Waals surface area contributed by atoms with Gasteiger partial charge in [0.15, 0.2) is 0 Å². The van der Waals surface area contributed by atoms with E-state index in [2.05, 4.69) is 5.32 Å². The summed E-state index contributed by atoms with van der Waals surface area (Å²) in [5.74, 6) is -1.02. The number of imide groups is 1. The zero-order chi connectivity index (χ0) is 17.7. The van der Waals surface area contributed by atoms with Crippen LogP contribution >= 0.6 is 0 Å². The SMILES string of the molecule is CC(C)CC1(CC(=O)NO)NC(=O)N(CCc2ccccc2)C1=O. The van der Waals surface area contributed by atoms with Gasteiger partial charge in [-0.3, -0.25) is 19.7 Å². The maximum atomic E-state index is 12.8. The average molecular weight is 333 g/mol. The summed E-state index contributed by atoms with van der Waals surface area (Å²) in [4.78, 5) is 37.9. The molecule has 3 N–H and O–H groups in total. The number of urea groups is 1. The van der Waals surface area contributed by atoms with Gasteiger partial charge >= 0.3 is 6.03 Å². The van der Waals surface area contributed by atoms with Gasteiger partial charge in [-0.25, -0.2) is 10.3 Å². The summed E-state index contributed by atoms with van der Waals surface area (Å²) in [6, 6.07) is 9.06. The zero-order valence-corrected chi connectivity index (χ0v) is 13.9. The quantitative estimate of drug-likeness (QED) is 0.400. The van der Waals surface area contributed by atoms with E-state index < -0.39 is 23.4 Å². The van der Waals surface area contributed by atoms with Gasteiger partial charge in [0.05, 0.1) is 6.42 Å². The summed E-state index contributed by atoms with van der Waals surface area (Å²) in [7, 11) is 0. The van der Waals surface area contributed by atoms with Crippen molar-refractivity contribution in [2.24, 2.45) is 5.92 Å². The lowest BCUT2D eigenvalue weighted by atomic mass is 9.85. The van der Waals surface area contributed by atoms with E-state index in [4.69, 9.17) is 5.21 Å². The van der Waals surface area contributed by atoms with Gasteiger partial charge in [0.1, 0.15) is 5.54 Å². The molecule has 1 fully saturated rings. The zero-order valence-electron chi connectivity index (χ0n) is 13.9. The molecule has 1 aromatic rings. The Morgan fingerprint density at radius 3 is 2.54 bits per heavy atom. The summed E-state index contributed by atoms with van der Waals surface area (Å²) in [5.41, 5.74) is 1.26. The molecule has 7 heteroatoms. The van der Waals surface area contributed by atoms with Crippen molar-refractivity contribution in [1.82, 2.24) is 15.7 Å². The molecule has 2 rings (SSSR count). The second-order valence-corrected chi connectivity index (χ2v) is 6.51. The van der Waals surface area contributed by atoms with Crippen LogP contribution in [0, 0.1) is 5.92 Å². The number of nitrogens with one attached hydrogen (secondary N) is 2. The highest BCUT2D eigenvalue weighted by atomic mass is 16.5. The number of hydrogen-bond acceptors (Lipinski definition) is 4. The number of nitrogens with zero attached hydrogens (tertiary/aromatic N) is 1. The van der Waals surface area contributed by atoms with Gasteiger partial charge in [0.25, 0.3) is 5.91 Å². The van der Waals surface area contributed by atoms with Crippen LogP contribution in [0.4, 0.5) is 4.79 Å². The van der Waals surface area contributed by atoms with Crippen LogP contribution in [0.5, 0.6) is 0 Å². The van der Waals surface area contributed by atoms with E-state index in [0.717, 1.165) is 10.5 Å². The predicted molar refractivity (Wildman–Crippen MR) is 87.1 cm³/mol. The molecule has 24 heavy (non-hydrogen) atoms. The smallest absolute Gasteiger partial charge is 0.323 e. The molecule has 7 nitrogen and oxygen atoms in total. The van der Waals surface area contributed by atoms with Crippen molar-refractivity contribution in [2.45, 2.75) is 38.6 Å². The lowest BCUT2D eigenvalue weighted by Crippen LogP contribution is -2.51. The normalized spacial score (nSPS) is 20.4. The van der Waals surface area contributed by atoms with Crippen LogP contribution in [0.15, 0.2) is 30.3 Å². The first kappa shape index (κ1) is 17.9. The summed E-state index contributed by atoms with van der Waals surface area (Å²) in [6.45, 7) is 4.06. The Balaban J connectivity index is 2.15. The van der Waals surface area contributed by atoms with Crippen molar-refractivity contribution in [3.05, 3.63) is 35.9 Å². The van der Waals surface area contributed by atoms with Gasteiger partial charge in [-0.1, -0.05) is 44.2 Å². The fourth-order valence-corrected chi connectivity index (χ4v) is 3.11. The highest BCUT2D eigenvalue weighted by Crippen LogP contribution is 2.29. The average Bonchev–Trinajstić information content (AvgIpc) is 2.76. The molecule has 1 aliphatic heterocycles. The van der Waals surface area contributed by atoms with Crippen molar-refractivity contribution < 1.29 is 19.6 Å². The van der Waals surface area contributed by atoms with Crippen LogP contribution in [-0.4, -0.2) is 40.0 Å². The van der Waals surface area contributed by atoms with E-state index in [1.54, 1.807) is 0 Å². The van der Waals surface area contributed by atoms with E-state index in [1.165, 1.54) is 5.48 Å². The Labute approximate surface area is 141 Å². The third-order valence-corrected chi connectivity index (χ3v) is 4.06. The maximum absolute atomic E-state index is 12.8. The minimum absolute atomic E-state index is 0.0924. The van der Waals surface area contributed by atoms with Gasteiger partial charge in [0, 0.05) is 6.54 Å². The molecule has 4 amide bonds. The molecule has 1 saturated heterocycles. The van der Waals surface area contributed by atoms with Gasteiger partial charge in [-0.15, -0.1) is 0 Å². The second-order valence-electron chi connectivity index (χ2n) is 6.51. The molecule has 0 spiro atoms. The topological polar surface area (TPSA) is 98.7 Å². The van der Waals surface area contributed by atoms with Gasteiger partial charge in [-0.2, -0.15) is 0 Å². The van der Waals surface area contributed by atoms with Crippen LogP contribution in [0.3, 0.4) is 0 Å². The number of rotatable bonds is 7. The van der Waals surface area contributed by atoms with Crippen molar-refractivity contribution in [1.29, 1.82) is 0 Å². The minimum atomic E-state index is -1.30. The molecule has 1 atom stereocenters. The largest absolute Gasteiger partial charge is 0.325 e. The molecular weight excluding hydrogens is 310 g/mol. The van der Waals surface area contributed by atoms with Crippen molar-refractivity contribution in [3.8, 4) is 0 Å². The van der Waals surface area contributed by atoms with Gasteiger partial charge < -0.3 is 5.32 Å². The highest BCUT2D eigenvalue weighted by Gasteiger charge is 2.52. The molecular formula is C17H23N3O4. The Bertz CT molecular complexity index is 618. The Kier molecular flexibility index (Phi) is 5.56. The third kappa shape index (κ3) is 3.91. The molecule has 0 saturated carbocycles. The van der Waals surface area contributed by atoms with Crippen molar-refractivity contribution in [2.75, 3.05) is 6.54 Å². The molecule has 0 radical (unpaired) electrons.